The first-order valence-electron chi connectivity index (χ1n) is 7.74. The molecule has 0 spiro atoms. The van der Waals surface area contributed by atoms with E-state index in [0.717, 1.165) is 18.9 Å². The molecule has 7 heteroatoms. The summed E-state index contributed by atoms with van der Waals surface area (Å²) in [5, 5.41) is 0. The van der Waals surface area contributed by atoms with Gasteiger partial charge in [0.25, 0.3) is 5.91 Å². The first kappa shape index (κ1) is 16.0. The summed E-state index contributed by atoms with van der Waals surface area (Å²) in [4.78, 5) is 25.1. The topological polar surface area (TPSA) is 67.8 Å². The molecule has 1 aromatic carbocycles. The Kier molecular flexibility index (Phi) is 4.79. The van der Waals surface area contributed by atoms with E-state index in [9.17, 15) is 4.79 Å². The van der Waals surface area contributed by atoms with Crippen molar-refractivity contribution in [3.63, 3.8) is 0 Å². The number of amides is 1. The number of carbonyl (C=O) groups is 1. The van der Waals surface area contributed by atoms with Gasteiger partial charge < -0.3 is 19.3 Å². The van der Waals surface area contributed by atoms with E-state index in [0.29, 0.717) is 30.2 Å². The molecule has 0 atom stereocenters. The van der Waals surface area contributed by atoms with Crippen LogP contribution in [-0.4, -0.2) is 61.2 Å². The lowest BCUT2D eigenvalue weighted by atomic mass is 10.1. The maximum Gasteiger partial charge on any atom is 0.254 e. The first-order chi connectivity index (χ1) is 11.7. The Labute approximate surface area is 140 Å². The molecule has 0 saturated carbocycles. The summed E-state index contributed by atoms with van der Waals surface area (Å²) in [6.45, 7) is 2.72. The van der Waals surface area contributed by atoms with Crippen molar-refractivity contribution in [1.82, 2.24) is 14.9 Å². The second kappa shape index (κ2) is 7.16. The zero-order valence-corrected chi connectivity index (χ0v) is 13.8. The van der Waals surface area contributed by atoms with E-state index in [1.165, 1.54) is 0 Å². The molecule has 7 nitrogen and oxygen atoms in total. The highest BCUT2D eigenvalue weighted by molar-refractivity contribution is 5.95. The molecule has 0 aliphatic carbocycles. The van der Waals surface area contributed by atoms with Gasteiger partial charge in [-0.25, -0.2) is 4.98 Å². The SMILES string of the molecule is COc1cc(OC)cc(C(=O)N2CCN(c3cnccn3)CC2)c1. The minimum atomic E-state index is -0.0222. The Morgan fingerprint density at radius 3 is 2.21 bits per heavy atom. The van der Waals surface area contributed by atoms with Gasteiger partial charge in [0.2, 0.25) is 0 Å². The fraction of sp³-hybridized carbons (Fsp3) is 0.353. The number of ether oxygens (including phenoxy) is 2. The van der Waals surface area contributed by atoms with Gasteiger partial charge in [0.1, 0.15) is 17.3 Å². The highest BCUT2D eigenvalue weighted by atomic mass is 16.5. The largest absolute Gasteiger partial charge is 0.497 e. The molecular weight excluding hydrogens is 308 g/mol. The lowest BCUT2D eigenvalue weighted by Gasteiger charge is -2.35. The third-order valence-electron chi connectivity index (χ3n) is 4.04. The summed E-state index contributed by atoms with van der Waals surface area (Å²) in [6, 6.07) is 5.22. The van der Waals surface area contributed by atoms with Crippen LogP contribution < -0.4 is 14.4 Å². The van der Waals surface area contributed by atoms with E-state index in [1.54, 1.807) is 51.0 Å². The van der Waals surface area contributed by atoms with Gasteiger partial charge >= 0.3 is 0 Å². The second-order valence-electron chi connectivity index (χ2n) is 5.44. The first-order valence-corrected chi connectivity index (χ1v) is 7.74. The number of aromatic nitrogens is 2. The number of rotatable bonds is 4. The van der Waals surface area contributed by atoms with Crippen LogP contribution in [0.1, 0.15) is 10.4 Å². The zero-order valence-electron chi connectivity index (χ0n) is 13.8. The standard InChI is InChI=1S/C17H20N4O3/c1-23-14-9-13(10-15(11-14)24-2)17(22)21-7-5-20(6-8-21)16-12-18-3-4-19-16/h3-4,9-12H,5-8H2,1-2H3. The van der Waals surface area contributed by atoms with Crippen LogP contribution in [0.3, 0.4) is 0 Å². The summed E-state index contributed by atoms with van der Waals surface area (Å²) >= 11 is 0. The Morgan fingerprint density at radius 2 is 1.67 bits per heavy atom. The molecule has 0 bridgehead atoms. The maximum atomic E-state index is 12.7. The lowest BCUT2D eigenvalue weighted by Crippen LogP contribution is -2.49. The number of methoxy groups -OCH3 is 2. The summed E-state index contributed by atoms with van der Waals surface area (Å²) in [5.74, 6) is 2.03. The average molecular weight is 328 g/mol. The Bertz CT molecular complexity index is 678. The van der Waals surface area contributed by atoms with Gasteiger partial charge in [-0.1, -0.05) is 0 Å². The van der Waals surface area contributed by atoms with E-state index in [2.05, 4.69) is 14.9 Å². The van der Waals surface area contributed by atoms with Crippen molar-refractivity contribution in [3.8, 4) is 11.5 Å². The van der Waals surface area contributed by atoms with Crippen molar-refractivity contribution in [2.75, 3.05) is 45.3 Å². The zero-order chi connectivity index (χ0) is 16.9. The maximum absolute atomic E-state index is 12.7. The molecule has 1 aliphatic heterocycles. The molecule has 3 rings (SSSR count). The fourth-order valence-corrected chi connectivity index (χ4v) is 2.71. The second-order valence-corrected chi connectivity index (χ2v) is 5.44. The molecule has 0 N–H and O–H groups in total. The van der Waals surface area contributed by atoms with Crippen LogP contribution in [0.15, 0.2) is 36.8 Å². The quantitative estimate of drug-likeness (QED) is 0.846. The molecular formula is C17H20N4O3. The smallest absolute Gasteiger partial charge is 0.254 e. The third-order valence-corrected chi connectivity index (χ3v) is 4.04. The highest BCUT2D eigenvalue weighted by Gasteiger charge is 2.23. The highest BCUT2D eigenvalue weighted by Crippen LogP contribution is 2.24. The Balaban J connectivity index is 1.69. The molecule has 0 unspecified atom stereocenters. The van der Waals surface area contributed by atoms with E-state index in [1.807, 2.05) is 4.90 Å². The molecule has 1 saturated heterocycles. The van der Waals surface area contributed by atoms with Crippen LogP contribution in [0.25, 0.3) is 0 Å². The van der Waals surface area contributed by atoms with Gasteiger partial charge in [0.15, 0.2) is 0 Å². The van der Waals surface area contributed by atoms with Crippen LogP contribution in [0.5, 0.6) is 11.5 Å². The molecule has 24 heavy (non-hydrogen) atoms. The Hall–Kier alpha value is -2.83. The number of piperazine rings is 1. The van der Waals surface area contributed by atoms with E-state index in [4.69, 9.17) is 9.47 Å². The number of anilines is 1. The Morgan fingerprint density at radius 1 is 1.00 bits per heavy atom. The molecule has 1 aliphatic rings. The van der Waals surface area contributed by atoms with Crippen molar-refractivity contribution in [3.05, 3.63) is 42.4 Å². The van der Waals surface area contributed by atoms with Gasteiger partial charge in [-0.3, -0.25) is 9.78 Å². The van der Waals surface area contributed by atoms with Crippen LogP contribution >= 0.6 is 0 Å². The number of hydrogen-bond donors (Lipinski definition) is 0. The number of hydrogen-bond acceptors (Lipinski definition) is 6. The summed E-state index contributed by atoms with van der Waals surface area (Å²) in [7, 11) is 3.14. The molecule has 2 heterocycles. The minimum Gasteiger partial charge on any atom is -0.497 e. The van der Waals surface area contributed by atoms with Crippen LogP contribution in [-0.2, 0) is 0 Å². The van der Waals surface area contributed by atoms with Crippen molar-refractivity contribution in [2.45, 2.75) is 0 Å². The predicted octanol–water partition coefficient (Wildman–Crippen LogP) is 1.46. The van der Waals surface area contributed by atoms with Crippen LogP contribution in [0, 0.1) is 0 Å². The van der Waals surface area contributed by atoms with Crippen LogP contribution in [0.2, 0.25) is 0 Å². The molecule has 1 amide bonds. The summed E-state index contributed by atoms with van der Waals surface area (Å²) in [6.07, 6.45) is 5.07. The van der Waals surface area contributed by atoms with E-state index >= 15 is 0 Å². The number of carbonyl (C=O) groups excluding carboxylic acids is 1. The monoisotopic (exact) mass is 328 g/mol. The van der Waals surface area contributed by atoms with Gasteiger partial charge in [-0.05, 0) is 12.1 Å². The minimum absolute atomic E-state index is 0.0222. The van der Waals surface area contributed by atoms with E-state index < -0.39 is 0 Å². The lowest BCUT2D eigenvalue weighted by molar-refractivity contribution is 0.0745. The van der Waals surface area contributed by atoms with Crippen molar-refractivity contribution < 1.29 is 14.3 Å². The van der Waals surface area contributed by atoms with Crippen molar-refractivity contribution >= 4 is 11.7 Å². The van der Waals surface area contributed by atoms with Crippen molar-refractivity contribution in [2.24, 2.45) is 0 Å². The normalized spacial score (nSPS) is 14.4. The molecule has 126 valence electrons. The number of nitrogens with zero attached hydrogens (tertiary/aromatic N) is 4. The summed E-state index contributed by atoms with van der Waals surface area (Å²) in [5.41, 5.74) is 0.569. The van der Waals surface area contributed by atoms with Crippen LogP contribution in [0.4, 0.5) is 5.82 Å². The predicted molar refractivity (Wildman–Crippen MR) is 89.7 cm³/mol. The average Bonchev–Trinajstić information content (AvgIpc) is 2.67. The van der Waals surface area contributed by atoms with E-state index in [-0.39, 0.29) is 5.91 Å². The fourth-order valence-electron chi connectivity index (χ4n) is 2.71. The molecule has 0 radical (unpaired) electrons. The number of benzene rings is 1. The van der Waals surface area contributed by atoms with Gasteiger partial charge in [0.05, 0.1) is 20.4 Å². The van der Waals surface area contributed by atoms with Crippen molar-refractivity contribution in [1.29, 1.82) is 0 Å². The summed E-state index contributed by atoms with van der Waals surface area (Å²) < 4.78 is 10.5. The van der Waals surface area contributed by atoms with Gasteiger partial charge in [-0.2, -0.15) is 0 Å². The molecule has 1 fully saturated rings. The van der Waals surface area contributed by atoms with Gasteiger partial charge in [0, 0.05) is 50.2 Å². The molecule has 2 aromatic rings. The third kappa shape index (κ3) is 3.40. The van der Waals surface area contributed by atoms with Gasteiger partial charge in [-0.15, -0.1) is 0 Å². The molecule has 1 aromatic heterocycles.